The number of rotatable bonds is 5. The molecule has 2 aliphatic rings. The van der Waals surface area contributed by atoms with E-state index in [-0.39, 0.29) is 0 Å². The molecule has 2 nitrogen and oxygen atoms in total. The van der Waals surface area contributed by atoms with Crippen LogP contribution in [0, 0.1) is 11.8 Å². The number of hydrogen-bond donors (Lipinski definition) is 0. The molecule has 2 unspecified atom stereocenters. The lowest BCUT2D eigenvalue weighted by Gasteiger charge is -2.16. The molecule has 1 heterocycles. The maximum absolute atomic E-state index is 10.8. The summed E-state index contributed by atoms with van der Waals surface area (Å²) < 4.78 is 0. The highest BCUT2D eigenvalue weighted by Gasteiger charge is 2.35. The molecule has 0 N–H and O–H groups in total. The summed E-state index contributed by atoms with van der Waals surface area (Å²) in [6.07, 6.45) is 7.47. The minimum absolute atomic E-state index is 0.341. The van der Waals surface area contributed by atoms with Gasteiger partial charge in [0.15, 0.2) is 0 Å². The molecular formula is C13H23NO. The van der Waals surface area contributed by atoms with E-state index in [9.17, 15) is 4.79 Å². The molecule has 86 valence electrons. The minimum Gasteiger partial charge on any atom is -0.303 e. The van der Waals surface area contributed by atoms with Gasteiger partial charge in [-0.2, -0.15) is 0 Å². The van der Waals surface area contributed by atoms with E-state index in [1.54, 1.807) is 6.92 Å². The molecule has 1 aliphatic carbocycles. The topological polar surface area (TPSA) is 20.3 Å². The van der Waals surface area contributed by atoms with Crippen LogP contribution in [-0.2, 0) is 4.79 Å². The van der Waals surface area contributed by atoms with Crippen molar-refractivity contribution in [2.24, 2.45) is 11.8 Å². The first-order valence-electron chi connectivity index (χ1n) is 6.47. The van der Waals surface area contributed by atoms with Gasteiger partial charge in [-0.3, -0.25) is 0 Å². The van der Waals surface area contributed by atoms with E-state index in [0.29, 0.717) is 5.78 Å². The average molecular weight is 209 g/mol. The van der Waals surface area contributed by atoms with Crippen LogP contribution in [0.2, 0.25) is 0 Å². The van der Waals surface area contributed by atoms with Gasteiger partial charge in [-0.05, 0) is 51.0 Å². The Kier molecular flexibility index (Phi) is 3.79. The highest BCUT2D eigenvalue weighted by Crippen LogP contribution is 2.37. The fraction of sp³-hybridized carbons (Fsp3) is 0.923. The standard InChI is InChI=1S/C13H23NO/c1-11(15)5-2-3-8-14-9-12-6-4-7-13(12)10-14/h12-13H,2-10H2,1H3. The molecule has 0 aromatic rings. The van der Waals surface area contributed by atoms with Gasteiger partial charge in [0.2, 0.25) is 0 Å². The summed E-state index contributed by atoms with van der Waals surface area (Å²) in [6, 6.07) is 0. The number of unbranched alkanes of at least 4 members (excludes halogenated alkanes) is 1. The van der Waals surface area contributed by atoms with Gasteiger partial charge >= 0.3 is 0 Å². The molecule has 15 heavy (non-hydrogen) atoms. The highest BCUT2D eigenvalue weighted by atomic mass is 16.1. The number of hydrogen-bond acceptors (Lipinski definition) is 2. The van der Waals surface area contributed by atoms with Crippen LogP contribution in [0.1, 0.15) is 45.4 Å². The number of ketones is 1. The van der Waals surface area contributed by atoms with Gasteiger partial charge in [0.25, 0.3) is 0 Å². The highest BCUT2D eigenvalue weighted by molar-refractivity contribution is 5.75. The van der Waals surface area contributed by atoms with Crippen molar-refractivity contribution < 1.29 is 4.79 Å². The third-order valence-corrected chi connectivity index (χ3v) is 4.06. The Balaban J connectivity index is 1.59. The zero-order valence-corrected chi connectivity index (χ0v) is 9.87. The Labute approximate surface area is 93.0 Å². The van der Waals surface area contributed by atoms with Crippen molar-refractivity contribution >= 4 is 5.78 Å². The smallest absolute Gasteiger partial charge is 0.129 e. The first-order valence-corrected chi connectivity index (χ1v) is 6.47. The molecule has 2 fully saturated rings. The number of likely N-dealkylation sites (tertiary alicyclic amines) is 1. The second-order valence-electron chi connectivity index (χ2n) is 5.37. The monoisotopic (exact) mass is 209 g/mol. The number of carbonyl (C=O) groups is 1. The second kappa shape index (κ2) is 5.11. The fourth-order valence-electron chi connectivity index (χ4n) is 3.22. The predicted octanol–water partition coefficient (Wildman–Crippen LogP) is 2.48. The summed E-state index contributed by atoms with van der Waals surface area (Å²) in [7, 11) is 0. The molecule has 1 aliphatic heterocycles. The molecule has 2 rings (SSSR count). The lowest BCUT2D eigenvalue weighted by Crippen LogP contribution is -2.22. The van der Waals surface area contributed by atoms with E-state index < -0.39 is 0 Å². The zero-order valence-electron chi connectivity index (χ0n) is 9.87. The van der Waals surface area contributed by atoms with Gasteiger partial charge in [-0.25, -0.2) is 0 Å². The number of fused-ring (bicyclic) bond motifs is 1. The number of Topliss-reactive ketones (excluding diaryl/α,β-unsaturated/α-hetero) is 1. The SMILES string of the molecule is CC(=O)CCCCN1CC2CCCC2C1. The minimum atomic E-state index is 0.341. The Morgan fingerprint density at radius 3 is 2.47 bits per heavy atom. The van der Waals surface area contributed by atoms with Crippen molar-refractivity contribution in [1.82, 2.24) is 4.90 Å². The molecule has 1 saturated carbocycles. The first kappa shape index (κ1) is 11.1. The average Bonchev–Trinajstić information content (AvgIpc) is 2.71. The third kappa shape index (κ3) is 3.04. The van der Waals surface area contributed by atoms with Gasteiger partial charge in [-0.1, -0.05) is 6.42 Å². The summed E-state index contributed by atoms with van der Waals surface area (Å²) in [4.78, 5) is 13.4. The van der Waals surface area contributed by atoms with E-state index >= 15 is 0 Å². The van der Waals surface area contributed by atoms with E-state index in [2.05, 4.69) is 4.90 Å². The van der Waals surface area contributed by atoms with Crippen molar-refractivity contribution in [3.63, 3.8) is 0 Å². The quantitative estimate of drug-likeness (QED) is 0.648. The van der Waals surface area contributed by atoms with E-state index in [1.165, 1.54) is 45.3 Å². The van der Waals surface area contributed by atoms with Gasteiger partial charge in [0.1, 0.15) is 5.78 Å². The van der Waals surface area contributed by atoms with Crippen molar-refractivity contribution in [3.8, 4) is 0 Å². The van der Waals surface area contributed by atoms with Crippen molar-refractivity contribution in [2.75, 3.05) is 19.6 Å². The van der Waals surface area contributed by atoms with Gasteiger partial charge in [0.05, 0.1) is 0 Å². The van der Waals surface area contributed by atoms with Crippen LogP contribution < -0.4 is 0 Å². The third-order valence-electron chi connectivity index (χ3n) is 4.06. The Bertz CT molecular complexity index is 215. The summed E-state index contributed by atoms with van der Waals surface area (Å²) in [5, 5.41) is 0. The Morgan fingerprint density at radius 1 is 1.20 bits per heavy atom. The normalized spacial score (nSPS) is 30.7. The molecule has 0 spiro atoms. The lowest BCUT2D eigenvalue weighted by molar-refractivity contribution is -0.117. The molecule has 0 aromatic carbocycles. The summed E-state index contributed by atoms with van der Waals surface area (Å²) in [6.45, 7) is 5.59. The Hall–Kier alpha value is -0.370. The molecule has 0 amide bonds. The van der Waals surface area contributed by atoms with E-state index in [0.717, 1.165) is 24.7 Å². The van der Waals surface area contributed by atoms with Crippen LogP contribution in [0.15, 0.2) is 0 Å². The van der Waals surface area contributed by atoms with Crippen molar-refractivity contribution in [1.29, 1.82) is 0 Å². The van der Waals surface area contributed by atoms with Crippen molar-refractivity contribution in [3.05, 3.63) is 0 Å². The van der Waals surface area contributed by atoms with Crippen molar-refractivity contribution in [2.45, 2.75) is 45.4 Å². The maximum atomic E-state index is 10.8. The van der Waals surface area contributed by atoms with Crippen LogP contribution in [0.3, 0.4) is 0 Å². The second-order valence-corrected chi connectivity index (χ2v) is 5.37. The fourth-order valence-corrected chi connectivity index (χ4v) is 3.22. The zero-order chi connectivity index (χ0) is 10.7. The van der Waals surface area contributed by atoms with E-state index in [4.69, 9.17) is 0 Å². The van der Waals surface area contributed by atoms with Crippen LogP contribution in [0.5, 0.6) is 0 Å². The molecule has 2 heteroatoms. The summed E-state index contributed by atoms with van der Waals surface area (Å²) in [5.74, 6) is 2.36. The molecule has 2 atom stereocenters. The Morgan fingerprint density at radius 2 is 1.87 bits per heavy atom. The molecule has 1 saturated heterocycles. The van der Waals surface area contributed by atoms with Gasteiger partial charge < -0.3 is 9.69 Å². The lowest BCUT2D eigenvalue weighted by atomic mass is 10.0. The summed E-state index contributed by atoms with van der Waals surface area (Å²) in [5.41, 5.74) is 0. The number of nitrogens with zero attached hydrogens (tertiary/aromatic N) is 1. The molecular weight excluding hydrogens is 186 g/mol. The first-order chi connectivity index (χ1) is 7.25. The van der Waals surface area contributed by atoms with Crippen LogP contribution in [0.25, 0.3) is 0 Å². The van der Waals surface area contributed by atoms with Crippen LogP contribution in [-0.4, -0.2) is 30.3 Å². The molecule has 0 radical (unpaired) electrons. The summed E-state index contributed by atoms with van der Waals surface area (Å²) >= 11 is 0. The van der Waals surface area contributed by atoms with Gasteiger partial charge in [-0.15, -0.1) is 0 Å². The van der Waals surface area contributed by atoms with Crippen LogP contribution in [0.4, 0.5) is 0 Å². The largest absolute Gasteiger partial charge is 0.303 e. The van der Waals surface area contributed by atoms with E-state index in [1.807, 2.05) is 0 Å². The number of carbonyl (C=O) groups excluding carboxylic acids is 1. The van der Waals surface area contributed by atoms with Crippen LogP contribution >= 0.6 is 0 Å². The molecule has 0 bridgehead atoms. The molecule has 0 aromatic heterocycles. The maximum Gasteiger partial charge on any atom is 0.129 e. The van der Waals surface area contributed by atoms with Gasteiger partial charge in [0, 0.05) is 19.5 Å². The predicted molar refractivity (Wildman–Crippen MR) is 61.8 cm³/mol.